The predicted octanol–water partition coefficient (Wildman–Crippen LogP) is 4.76. The average molecular weight is 477 g/mol. The van der Waals surface area contributed by atoms with Gasteiger partial charge < -0.3 is 10.2 Å². The second-order valence-electron chi connectivity index (χ2n) is 8.64. The number of halogens is 1. The van der Waals surface area contributed by atoms with Gasteiger partial charge in [0.05, 0.1) is 17.1 Å². The van der Waals surface area contributed by atoms with Gasteiger partial charge in [-0.15, -0.1) is 11.3 Å². The Morgan fingerprint density at radius 1 is 1.12 bits per heavy atom. The summed E-state index contributed by atoms with van der Waals surface area (Å²) in [7, 11) is 1.61. The van der Waals surface area contributed by atoms with Gasteiger partial charge in [-0.2, -0.15) is 5.10 Å². The minimum absolute atomic E-state index is 0.0202. The summed E-state index contributed by atoms with van der Waals surface area (Å²) in [6, 6.07) is 16.0. The molecule has 8 heteroatoms. The average Bonchev–Trinajstić information content (AvgIpc) is 3.52. The van der Waals surface area contributed by atoms with Crippen LogP contribution in [0.1, 0.15) is 49.7 Å². The van der Waals surface area contributed by atoms with Crippen molar-refractivity contribution >= 4 is 33.4 Å². The number of carbonyl (C=O) groups excluding carboxylic acids is 2. The van der Waals surface area contributed by atoms with Gasteiger partial charge in [0.2, 0.25) is 0 Å². The van der Waals surface area contributed by atoms with E-state index in [2.05, 4.69) is 10.4 Å². The molecule has 0 radical (unpaired) electrons. The van der Waals surface area contributed by atoms with Crippen LogP contribution in [0.4, 0.5) is 4.39 Å². The Balaban J connectivity index is 1.39. The van der Waals surface area contributed by atoms with Crippen molar-refractivity contribution in [2.75, 3.05) is 7.05 Å². The summed E-state index contributed by atoms with van der Waals surface area (Å²) in [4.78, 5) is 28.9. The number of thiophene rings is 1. The molecule has 1 aliphatic carbocycles. The molecule has 1 saturated carbocycles. The molecule has 0 bridgehead atoms. The normalized spacial score (nSPS) is 13.3. The van der Waals surface area contributed by atoms with Crippen LogP contribution in [0, 0.1) is 12.7 Å². The monoisotopic (exact) mass is 476 g/mol. The number of amides is 2. The highest BCUT2D eigenvalue weighted by Crippen LogP contribution is 2.34. The molecule has 2 amide bonds. The Hall–Kier alpha value is -3.52. The van der Waals surface area contributed by atoms with Crippen molar-refractivity contribution in [3.8, 4) is 0 Å². The highest BCUT2D eigenvalue weighted by molar-refractivity contribution is 7.20. The number of nitrogens with one attached hydrogen (secondary N) is 1. The number of benzene rings is 2. The summed E-state index contributed by atoms with van der Waals surface area (Å²) < 4.78 is 15.2. The van der Waals surface area contributed by atoms with Crippen LogP contribution in [0.3, 0.4) is 0 Å². The molecule has 2 aromatic carbocycles. The van der Waals surface area contributed by atoms with Crippen LogP contribution in [0.2, 0.25) is 0 Å². The second kappa shape index (κ2) is 9.02. The SMILES string of the molecule is CNC(=O)c1ccc(CN(C(=O)c2cc3c(C)nn(Cc4ccc(F)cc4)c3s2)C2CC2)cc1. The molecule has 5 rings (SSSR count). The molecule has 0 saturated heterocycles. The summed E-state index contributed by atoms with van der Waals surface area (Å²) >= 11 is 1.45. The topological polar surface area (TPSA) is 67.2 Å². The molecular weight excluding hydrogens is 451 g/mol. The molecule has 174 valence electrons. The van der Waals surface area contributed by atoms with Crippen LogP contribution in [0.5, 0.6) is 0 Å². The number of fused-ring (bicyclic) bond motifs is 1. The zero-order valence-corrected chi connectivity index (χ0v) is 19.9. The van der Waals surface area contributed by atoms with E-state index in [1.807, 2.05) is 34.7 Å². The summed E-state index contributed by atoms with van der Waals surface area (Å²) in [5.74, 6) is -0.373. The van der Waals surface area contributed by atoms with Gasteiger partial charge in [-0.25, -0.2) is 4.39 Å². The van der Waals surface area contributed by atoms with E-state index < -0.39 is 0 Å². The molecule has 1 fully saturated rings. The molecule has 1 aliphatic rings. The molecule has 0 aliphatic heterocycles. The lowest BCUT2D eigenvalue weighted by molar-refractivity contribution is 0.0734. The first-order valence-electron chi connectivity index (χ1n) is 11.3. The molecular formula is C26H25FN4O2S. The third-order valence-corrected chi connectivity index (χ3v) is 7.24. The fourth-order valence-corrected chi connectivity index (χ4v) is 5.20. The van der Waals surface area contributed by atoms with E-state index in [-0.39, 0.29) is 23.7 Å². The van der Waals surface area contributed by atoms with Crippen molar-refractivity contribution in [1.29, 1.82) is 0 Å². The Labute approximate surface area is 201 Å². The Bertz CT molecular complexity index is 1350. The number of carbonyl (C=O) groups is 2. The molecule has 0 atom stereocenters. The van der Waals surface area contributed by atoms with E-state index in [1.165, 1.54) is 23.5 Å². The van der Waals surface area contributed by atoms with Gasteiger partial charge in [-0.05, 0) is 61.2 Å². The fourth-order valence-electron chi connectivity index (χ4n) is 4.09. The number of rotatable bonds is 7. The number of hydrogen-bond acceptors (Lipinski definition) is 4. The van der Waals surface area contributed by atoms with Gasteiger partial charge in [0.25, 0.3) is 11.8 Å². The van der Waals surface area contributed by atoms with E-state index in [4.69, 9.17) is 0 Å². The molecule has 0 spiro atoms. The van der Waals surface area contributed by atoms with E-state index in [9.17, 15) is 14.0 Å². The maximum absolute atomic E-state index is 13.5. The first kappa shape index (κ1) is 22.3. The predicted molar refractivity (Wildman–Crippen MR) is 131 cm³/mol. The van der Waals surface area contributed by atoms with Crippen molar-refractivity contribution < 1.29 is 14.0 Å². The second-order valence-corrected chi connectivity index (χ2v) is 9.67. The standard InChI is InChI=1S/C26H25FN4O2S/c1-16-22-13-23(34-26(22)31(29-16)15-18-5-9-20(27)10-6-18)25(33)30(21-11-12-21)14-17-3-7-19(8-4-17)24(32)28-2/h3-10,13,21H,11-12,14-15H2,1-2H3,(H,28,32). The van der Waals surface area contributed by atoms with Crippen LogP contribution in [0.25, 0.3) is 10.2 Å². The van der Waals surface area contributed by atoms with E-state index in [0.717, 1.165) is 39.9 Å². The minimum atomic E-state index is -0.266. The van der Waals surface area contributed by atoms with Crippen molar-refractivity contribution in [2.24, 2.45) is 0 Å². The Morgan fingerprint density at radius 2 is 1.79 bits per heavy atom. The molecule has 6 nitrogen and oxygen atoms in total. The summed E-state index contributed by atoms with van der Waals surface area (Å²) in [5.41, 5.74) is 3.41. The molecule has 0 unspecified atom stereocenters. The lowest BCUT2D eigenvalue weighted by Crippen LogP contribution is -2.32. The third kappa shape index (κ3) is 4.46. The van der Waals surface area contributed by atoms with Crippen LogP contribution in [-0.2, 0) is 13.1 Å². The zero-order chi connectivity index (χ0) is 23.8. The summed E-state index contributed by atoms with van der Waals surface area (Å²) in [6.45, 7) is 2.96. The van der Waals surface area contributed by atoms with Crippen LogP contribution in [0.15, 0.2) is 54.6 Å². The number of hydrogen-bond donors (Lipinski definition) is 1. The van der Waals surface area contributed by atoms with Gasteiger partial charge in [0, 0.05) is 30.6 Å². The smallest absolute Gasteiger partial charge is 0.264 e. The van der Waals surface area contributed by atoms with Crippen molar-refractivity contribution in [3.05, 3.63) is 87.7 Å². The Kier molecular flexibility index (Phi) is 5.91. The molecule has 2 heterocycles. The van der Waals surface area contributed by atoms with E-state index >= 15 is 0 Å². The number of aryl methyl sites for hydroxylation is 1. The number of nitrogens with zero attached hydrogens (tertiary/aromatic N) is 3. The summed E-state index contributed by atoms with van der Waals surface area (Å²) in [6.07, 6.45) is 2.01. The lowest BCUT2D eigenvalue weighted by Gasteiger charge is -2.22. The summed E-state index contributed by atoms with van der Waals surface area (Å²) in [5, 5.41) is 8.23. The van der Waals surface area contributed by atoms with E-state index in [1.54, 1.807) is 31.3 Å². The van der Waals surface area contributed by atoms with Gasteiger partial charge in [-0.1, -0.05) is 24.3 Å². The van der Waals surface area contributed by atoms with Crippen LogP contribution in [-0.4, -0.2) is 39.6 Å². The molecule has 1 N–H and O–H groups in total. The first-order chi connectivity index (χ1) is 16.4. The highest BCUT2D eigenvalue weighted by atomic mass is 32.1. The molecule has 34 heavy (non-hydrogen) atoms. The fraction of sp³-hybridized carbons (Fsp3) is 0.269. The molecule has 4 aromatic rings. The lowest BCUT2D eigenvalue weighted by atomic mass is 10.1. The van der Waals surface area contributed by atoms with Crippen LogP contribution < -0.4 is 5.32 Å². The van der Waals surface area contributed by atoms with Crippen LogP contribution >= 0.6 is 11.3 Å². The maximum atomic E-state index is 13.5. The van der Waals surface area contributed by atoms with E-state index in [0.29, 0.717) is 23.5 Å². The van der Waals surface area contributed by atoms with Gasteiger partial charge in [0.15, 0.2) is 0 Å². The largest absolute Gasteiger partial charge is 0.355 e. The zero-order valence-electron chi connectivity index (χ0n) is 19.0. The first-order valence-corrected chi connectivity index (χ1v) is 12.1. The van der Waals surface area contributed by atoms with Gasteiger partial charge in [-0.3, -0.25) is 14.3 Å². The third-order valence-electron chi connectivity index (χ3n) is 6.11. The van der Waals surface area contributed by atoms with Crippen molar-refractivity contribution in [3.63, 3.8) is 0 Å². The highest BCUT2D eigenvalue weighted by Gasteiger charge is 2.34. The van der Waals surface area contributed by atoms with Gasteiger partial charge in [0.1, 0.15) is 10.6 Å². The quantitative estimate of drug-likeness (QED) is 0.418. The molecule has 2 aromatic heterocycles. The van der Waals surface area contributed by atoms with Crippen molar-refractivity contribution in [1.82, 2.24) is 20.0 Å². The Morgan fingerprint density at radius 3 is 2.44 bits per heavy atom. The van der Waals surface area contributed by atoms with Gasteiger partial charge >= 0.3 is 0 Å². The maximum Gasteiger partial charge on any atom is 0.264 e. The minimum Gasteiger partial charge on any atom is -0.355 e. The van der Waals surface area contributed by atoms with Crippen molar-refractivity contribution in [2.45, 2.75) is 38.9 Å². The number of aromatic nitrogens is 2.